The van der Waals surface area contributed by atoms with Crippen LogP contribution in [0.1, 0.15) is 123 Å². The molecular weight excluding hydrogens is 1290 g/mol. The van der Waals surface area contributed by atoms with E-state index >= 15 is 0 Å². The molecule has 11 aromatic rings. The third-order valence-electron chi connectivity index (χ3n) is 12.6. The normalized spacial score (nSPS) is 10.8. The van der Waals surface area contributed by atoms with E-state index in [1.165, 1.54) is 71.8 Å². The van der Waals surface area contributed by atoms with Gasteiger partial charge in [-0.2, -0.15) is 20.4 Å². The van der Waals surface area contributed by atoms with Gasteiger partial charge in [-0.15, -0.1) is 11.6 Å². The zero-order chi connectivity index (χ0) is 67.2. The van der Waals surface area contributed by atoms with Gasteiger partial charge in [-0.05, 0) is 85.7 Å². The van der Waals surface area contributed by atoms with E-state index in [1.54, 1.807) is 41.5 Å². The second-order valence-electron chi connectivity index (χ2n) is 20.0. The van der Waals surface area contributed by atoms with Crippen LogP contribution in [0.2, 0.25) is 0 Å². The average Bonchev–Trinajstić information content (AvgIpc) is 1.68. The van der Waals surface area contributed by atoms with Gasteiger partial charge in [-0.25, -0.2) is 62.2 Å². The molecule has 11 rings (SSSR count). The summed E-state index contributed by atoms with van der Waals surface area (Å²) in [7, 11) is 7.36. The minimum absolute atomic E-state index is 0.0102. The highest BCUT2D eigenvalue weighted by molar-refractivity contribution is 8.26. The molecule has 92 heavy (non-hydrogen) atoms. The summed E-state index contributed by atoms with van der Waals surface area (Å²) < 4.78 is 68.0. The number of phenols is 2. The van der Waals surface area contributed by atoms with Crippen LogP contribution in [-0.4, -0.2) is 121 Å². The van der Waals surface area contributed by atoms with Crippen LogP contribution >= 0.6 is 33.0 Å². The van der Waals surface area contributed by atoms with Crippen molar-refractivity contribution in [2.75, 3.05) is 0 Å². The lowest BCUT2D eigenvalue weighted by atomic mass is 10.1. The first-order valence-electron chi connectivity index (χ1n) is 27.4. The van der Waals surface area contributed by atoms with Crippen LogP contribution in [0.15, 0.2) is 122 Å². The van der Waals surface area contributed by atoms with Crippen molar-refractivity contribution in [2.24, 2.45) is 0 Å². The average molecular weight is 1350 g/mol. The Morgan fingerprint density at radius 3 is 1.43 bits per heavy atom. The highest BCUT2D eigenvalue weighted by atomic mass is 36.0. The number of alkyl halides is 1. The quantitative estimate of drug-likeness (QED) is 0.0396. The number of aromatic hydroxyl groups is 2. The molecule has 0 fully saturated rings. The van der Waals surface area contributed by atoms with Gasteiger partial charge in [0.2, 0.25) is 9.23 Å². The number of rotatable bonds is 16. The molecule has 26 nitrogen and oxygen atoms in total. The first kappa shape index (κ1) is 71.6. The largest absolute Gasteiger partial charge is 0.507 e. The molecule has 0 aliphatic heterocycles. The molecule has 0 bridgehead atoms. The molecule has 9 aromatic heterocycles. The Balaban J connectivity index is 0.000000184. The molecule has 2 aromatic carbocycles. The van der Waals surface area contributed by atoms with E-state index < -0.39 is 26.7 Å². The van der Waals surface area contributed by atoms with Crippen molar-refractivity contribution in [3.63, 3.8) is 0 Å². The minimum atomic E-state index is -1.67. The van der Waals surface area contributed by atoms with E-state index in [9.17, 15) is 43.2 Å². The fourth-order valence-corrected chi connectivity index (χ4v) is 8.70. The number of phenolic OH excluding ortho intramolecular Hbond substituents is 2. The van der Waals surface area contributed by atoms with Gasteiger partial charge in [-0.1, -0.05) is 6.07 Å². The molecule has 9 heterocycles. The number of aliphatic hydroxyl groups excluding tert-OH is 2. The Kier molecular flexibility index (Phi) is 27.0. The second kappa shape index (κ2) is 34.7. The number of ether oxygens (including phenoxy) is 1. The molecule has 0 amide bonds. The minimum Gasteiger partial charge on any atom is -0.507 e. The molecule has 0 aliphatic rings. The molecule has 33 heteroatoms. The molecule has 0 atom stereocenters. The van der Waals surface area contributed by atoms with Gasteiger partial charge in [0.15, 0.2) is 42.0 Å². The Bertz CT molecular complexity index is 4120. The lowest BCUT2D eigenvalue weighted by molar-refractivity contribution is 0.111. The molecule has 0 unspecified atom stereocenters. The molecule has 0 radical (unpaired) electrons. The smallest absolute Gasteiger partial charge is 0.211 e. The van der Waals surface area contributed by atoms with E-state index in [-0.39, 0.29) is 89.6 Å². The van der Waals surface area contributed by atoms with Crippen LogP contribution in [-0.2, 0) is 34.9 Å². The number of carbonyl (C=O) groups excluding carboxylic acids is 2. The standard InChI is InChI=1S/C18H17FN4O3.C11H12ClFN4.C11H13FN4O.C11H14N4O.C8H5NO3.Cl2OS/c1-11(2)23-18(14(19)7-22-23)17-12(6-20-10-21-17)9-26-16-5-3-4-15(25)13(16)8-24;1-7(2)17-11(9(13)5-16-17)10-8(3-12)4-14-6-15-10;1-7(2)16-11(9(12)4-15-16)10-8(5-17)3-13-6-14-10;1-8(2)15-10(3-4-14-15)11-9(6-16)5-12-7-13-11;10-3-5-7(11)2-1-6-8(5)12-4-9-6;1-4(2)3/h3-8,10-11,25H,9H2,1-2H3;4-7H,3H2,1-2H3;3-4,6-7,17H,5H2,1-2H3;3-5,7-8,16H,6H2,1-2H3;1-4,11H;. The van der Waals surface area contributed by atoms with Crippen LogP contribution < -0.4 is 4.74 Å². The fraction of sp³-hybridized carbons (Fsp3) is 0.271. The van der Waals surface area contributed by atoms with Gasteiger partial charge in [0, 0.05) is 98.8 Å². The number of hydrogen-bond acceptors (Lipinski definition) is 22. The maximum absolute atomic E-state index is 14.3. The maximum Gasteiger partial charge on any atom is 0.211 e. The van der Waals surface area contributed by atoms with Crippen LogP contribution in [0.5, 0.6) is 17.2 Å². The lowest BCUT2D eigenvalue weighted by Crippen LogP contribution is -2.09. The van der Waals surface area contributed by atoms with Gasteiger partial charge in [0.1, 0.15) is 88.7 Å². The summed E-state index contributed by atoms with van der Waals surface area (Å²) in [6, 6.07) is 9.65. The van der Waals surface area contributed by atoms with Crippen molar-refractivity contribution in [1.82, 2.24) is 84.0 Å². The lowest BCUT2D eigenvalue weighted by Gasteiger charge is -2.14. The van der Waals surface area contributed by atoms with Gasteiger partial charge in [0.25, 0.3) is 0 Å². The monoisotopic (exact) mass is 1350 g/mol. The highest BCUT2D eigenvalue weighted by Crippen LogP contribution is 2.32. The zero-order valence-corrected chi connectivity index (χ0v) is 53.5. The van der Waals surface area contributed by atoms with Crippen molar-refractivity contribution in [2.45, 2.75) is 105 Å². The first-order chi connectivity index (χ1) is 44.1. The van der Waals surface area contributed by atoms with Crippen molar-refractivity contribution in [3.8, 4) is 62.8 Å². The van der Waals surface area contributed by atoms with Crippen LogP contribution in [0.25, 0.3) is 56.7 Å². The molecule has 484 valence electrons. The second-order valence-corrected chi connectivity index (χ2v) is 22.8. The summed E-state index contributed by atoms with van der Waals surface area (Å²) in [6.45, 7) is 15.2. The number of oxazole rings is 1. The number of carbonyl (C=O) groups is 2. The number of nitrogens with zero attached hydrogens (tertiary/aromatic N) is 17. The fourth-order valence-electron chi connectivity index (χ4n) is 8.50. The van der Waals surface area contributed by atoms with Crippen molar-refractivity contribution in [1.29, 1.82) is 0 Å². The number of benzene rings is 2. The number of aromatic nitrogens is 17. The van der Waals surface area contributed by atoms with E-state index in [0.717, 1.165) is 23.8 Å². The Morgan fingerprint density at radius 1 is 0.554 bits per heavy atom. The number of aliphatic hydroxyl groups is 2. The third kappa shape index (κ3) is 18.2. The van der Waals surface area contributed by atoms with Crippen molar-refractivity contribution < 1.29 is 56.5 Å². The summed E-state index contributed by atoms with van der Waals surface area (Å²) in [4.78, 5) is 57.5. The molecule has 0 saturated heterocycles. The van der Waals surface area contributed by atoms with Crippen molar-refractivity contribution in [3.05, 3.63) is 169 Å². The first-order valence-corrected chi connectivity index (χ1v) is 30.8. The summed E-state index contributed by atoms with van der Waals surface area (Å²) in [6.07, 6.45) is 19.2. The SMILES string of the molecule is CC(C)n1ncc(F)c1-c1ncncc1CCl.CC(C)n1ncc(F)c1-c1ncncc1CO.CC(C)n1ncc(F)c1-c1ncncc1COc1cccc(O)c1C=O.CC(C)n1nccc1-c1ncncc1CO.O=Cc1c(O)ccc2ncoc12.O=S(Cl)Cl. The molecule has 4 N–H and O–H groups in total. The van der Waals surface area contributed by atoms with Gasteiger partial charge in [-0.3, -0.25) is 28.3 Å². The summed E-state index contributed by atoms with van der Waals surface area (Å²) in [5, 5.41) is 53.6. The molecule has 0 saturated carbocycles. The molecular formula is C59H61Cl3F3N17O9S. The predicted molar refractivity (Wildman–Crippen MR) is 335 cm³/mol. The number of halogens is 6. The Hall–Kier alpha value is -9.46. The van der Waals surface area contributed by atoms with Crippen LogP contribution in [0, 0.1) is 17.5 Å². The zero-order valence-electron chi connectivity index (χ0n) is 50.4. The van der Waals surface area contributed by atoms with Crippen molar-refractivity contribution >= 4 is 65.9 Å². The van der Waals surface area contributed by atoms with Gasteiger partial charge < -0.3 is 29.6 Å². The van der Waals surface area contributed by atoms with E-state index in [4.69, 9.17) is 25.0 Å². The van der Waals surface area contributed by atoms with E-state index in [0.29, 0.717) is 68.7 Å². The van der Waals surface area contributed by atoms with Gasteiger partial charge in [0.05, 0.1) is 60.3 Å². The summed E-state index contributed by atoms with van der Waals surface area (Å²) in [5.41, 5.74) is 7.25. The Morgan fingerprint density at radius 2 is 0.978 bits per heavy atom. The third-order valence-corrected chi connectivity index (χ3v) is 12.9. The summed E-state index contributed by atoms with van der Waals surface area (Å²) in [5.74, 6) is -1.16. The Labute approximate surface area is 540 Å². The molecule has 0 aliphatic carbocycles. The van der Waals surface area contributed by atoms with Gasteiger partial charge >= 0.3 is 0 Å². The number of hydrogen-bond donors (Lipinski definition) is 4. The maximum atomic E-state index is 14.3. The topological polar surface area (TPSA) is 342 Å². The summed E-state index contributed by atoms with van der Waals surface area (Å²) >= 11 is 5.80. The van der Waals surface area contributed by atoms with E-state index in [2.05, 4.69) is 100 Å². The predicted octanol–water partition coefficient (Wildman–Crippen LogP) is 11.3. The number of fused-ring (bicyclic) bond motifs is 1. The van der Waals surface area contributed by atoms with Crippen LogP contribution in [0.4, 0.5) is 13.2 Å². The molecule has 0 spiro atoms. The van der Waals surface area contributed by atoms with E-state index in [1.807, 2.05) is 52.3 Å². The number of aldehydes is 2. The van der Waals surface area contributed by atoms with Crippen LogP contribution in [0.3, 0.4) is 0 Å². The highest BCUT2D eigenvalue weighted by Gasteiger charge is 2.23.